The van der Waals surface area contributed by atoms with E-state index in [0.29, 0.717) is 5.56 Å². The maximum atomic E-state index is 14.2. The van der Waals surface area contributed by atoms with E-state index in [1.807, 2.05) is 27.7 Å². The van der Waals surface area contributed by atoms with Gasteiger partial charge in [-0.1, -0.05) is 0 Å². The summed E-state index contributed by atoms with van der Waals surface area (Å²) < 4.78 is 25.4. The predicted molar refractivity (Wildman–Crippen MR) is 78.3 cm³/mol. The molecule has 0 amide bonds. The van der Waals surface area contributed by atoms with Gasteiger partial charge in [0.2, 0.25) is 0 Å². The first-order valence-electron chi connectivity index (χ1n) is 6.59. The van der Waals surface area contributed by atoms with Crippen LogP contribution in [0.25, 0.3) is 6.08 Å². The van der Waals surface area contributed by atoms with Crippen molar-refractivity contribution in [3.8, 4) is 0 Å². The lowest BCUT2D eigenvalue weighted by atomic mass is 9.87. The summed E-state index contributed by atoms with van der Waals surface area (Å²) in [6, 6.07) is 5.60. The zero-order valence-electron chi connectivity index (χ0n) is 12.4. The Balaban J connectivity index is 2.17. The molecule has 0 aliphatic carbocycles. The van der Waals surface area contributed by atoms with Crippen molar-refractivity contribution in [3.05, 3.63) is 45.7 Å². The van der Waals surface area contributed by atoms with Crippen molar-refractivity contribution < 1.29 is 18.6 Å². The Morgan fingerprint density at radius 2 is 1.67 bits per heavy atom. The number of nitro benzene ring substituents is 1. The van der Waals surface area contributed by atoms with Crippen LogP contribution < -0.4 is 0 Å². The number of rotatable bonds is 3. The second-order valence-electron chi connectivity index (χ2n) is 5.97. The number of nitrogens with zero attached hydrogens (tertiary/aromatic N) is 1. The second kappa shape index (κ2) is 5.24. The fraction of sp³-hybridized carbons (Fsp3) is 0.429. The standard InChI is InChI=1S/C14H17BFNO4/c1-13(2)14(3,4)21-15(20-13)12(16)9-10-5-7-11(8-6-10)17(18)19/h5-9H,1-4H3. The largest absolute Gasteiger partial charge is 0.525 e. The molecule has 0 bridgehead atoms. The molecule has 0 N–H and O–H groups in total. The lowest BCUT2D eigenvalue weighted by Crippen LogP contribution is -2.41. The molecule has 1 aromatic rings. The second-order valence-corrected chi connectivity index (χ2v) is 5.97. The summed E-state index contributed by atoms with van der Waals surface area (Å²) in [5, 5.41) is 10.6. The van der Waals surface area contributed by atoms with Gasteiger partial charge in [-0.3, -0.25) is 10.1 Å². The SMILES string of the molecule is CC1(C)OB(C(F)=Cc2ccc([N+](=O)[O-])cc2)OC1(C)C. The summed E-state index contributed by atoms with van der Waals surface area (Å²) in [5.41, 5.74) is -1.32. The van der Waals surface area contributed by atoms with Crippen LogP contribution in [-0.4, -0.2) is 23.2 Å². The van der Waals surface area contributed by atoms with Crippen LogP contribution in [0.2, 0.25) is 0 Å². The molecule has 1 aromatic carbocycles. The molecule has 1 fully saturated rings. The Hall–Kier alpha value is -1.73. The Morgan fingerprint density at radius 3 is 2.10 bits per heavy atom. The zero-order chi connectivity index (χ0) is 15.8. The topological polar surface area (TPSA) is 61.6 Å². The molecule has 0 unspecified atom stereocenters. The summed E-state index contributed by atoms with van der Waals surface area (Å²) in [6.45, 7) is 7.36. The highest BCUT2D eigenvalue weighted by atomic mass is 19.1. The minimum absolute atomic E-state index is 0.0387. The van der Waals surface area contributed by atoms with E-state index in [9.17, 15) is 14.5 Å². The van der Waals surface area contributed by atoms with Crippen molar-refractivity contribution >= 4 is 18.9 Å². The van der Waals surface area contributed by atoms with Crippen LogP contribution in [0.15, 0.2) is 30.0 Å². The first-order valence-corrected chi connectivity index (χ1v) is 6.59. The first-order chi connectivity index (χ1) is 9.62. The lowest BCUT2D eigenvalue weighted by molar-refractivity contribution is -0.384. The van der Waals surface area contributed by atoms with E-state index in [-0.39, 0.29) is 5.69 Å². The monoisotopic (exact) mass is 293 g/mol. The molecule has 2 rings (SSSR count). The molecule has 7 heteroatoms. The van der Waals surface area contributed by atoms with E-state index >= 15 is 0 Å². The highest BCUT2D eigenvalue weighted by molar-refractivity contribution is 6.54. The number of hydrogen-bond donors (Lipinski definition) is 0. The third-order valence-corrected chi connectivity index (χ3v) is 3.89. The van der Waals surface area contributed by atoms with Gasteiger partial charge in [-0.25, -0.2) is 4.39 Å². The smallest absolute Gasteiger partial charge is 0.398 e. The van der Waals surface area contributed by atoms with Crippen LogP contribution in [0.3, 0.4) is 0 Å². The number of nitro groups is 1. The van der Waals surface area contributed by atoms with E-state index in [0.717, 1.165) is 0 Å². The molecule has 0 spiro atoms. The molecule has 5 nitrogen and oxygen atoms in total. The minimum atomic E-state index is -1.06. The Bertz CT molecular complexity index is 567. The van der Waals surface area contributed by atoms with Gasteiger partial charge in [0.1, 0.15) is 5.73 Å². The Kier molecular flexibility index (Phi) is 3.90. The number of hydrogen-bond acceptors (Lipinski definition) is 4. The normalized spacial score (nSPS) is 20.6. The average molecular weight is 293 g/mol. The Labute approximate surface area is 123 Å². The number of benzene rings is 1. The van der Waals surface area contributed by atoms with Crippen LogP contribution in [-0.2, 0) is 9.31 Å². The van der Waals surface area contributed by atoms with E-state index in [4.69, 9.17) is 9.31 Å². The average Bonchev–Trinajstić information content (AvgIpc) is 2.59. The van der Waals surface area contributed by atoms with E-state index in [2.05, 4.69) is 0 Å². The van der Waals surface area contributed by atoms with Gasteiger partial charge in [-0.15, -0.1) is 0 Å². The van der Waals surface area contributed by atoms with Crippen LogP contribution in [0.5, 0.6) is 0 Å². The van der Waals surface area contributed by atoms with Crippen molar-refractivity contribution in [3.63, 3.8) is 0 Å². The quantitative estimate of drug-likeness (QED) is 0.486. The van der Waals surface area contributed by atoms with Gasteiger partial charge >= 0.3 is 7.12 Å². The summed E-state index contributed by atoms with van der Waals surface area (Å²) >= 11 is 0. The van der Waals surface area contributed by atoms with Crippen LogP contribution in [0.4, 0.5) is 10.1 Å². The fourth-order valence-corrected chi connectivity index (χ4v) is 1.88. The van der Waals surface area contributed by atoms with E-state index in [1.165, 1.54) is 30.3 Å². The van der Waals surface area contributed by atoms with Crippen LogP contribution in [0.1, 0.15) is 33.3 Å². The highest BCUT2D eigenvalue weighted by Crippen LogP contribution is 2.39. The molecule has 1 aliphatic rings. The lowest BCUT2D eigenvalue weighted by Gasteiger charge is -2.32. The zero-order valence-corrected chi connectivity index (χ0v) is 12.4. The number of halogens is 1. The van der Waals surface area contributed by atoms with Crippen molar-refractivity contribution in [2.45, 2.75) is 38.9 Å². The van der Waals surface area contributed by atoms with Crippen molar-refractivity contribution in [2.24, 2.45) is 0 Å². The highest BCUT2D eigenvalue weighted by Gasteiger charge is 2.53. The molecule has 0 atom stereocenters. The molecule has 1 saturated heterocycles. The third kappa shape index (κ3) is 3.14. The molecule has 1 aliphatic heterocycles. The van der Waals surface area contributed by atoms with Crippen LogP contribution >= 0.6 is 0 Å². The maximum Gasteiger partial charge on any atom is 0.525 e. The van der Waals surface area contributed by atoms with Crippen molar-refractivity contribution in [2.75, 3.05) is 0 Å². The van der Waals surface area contributed by atoms with Gasteiger partial charge in [0.05, 0.1) is 16.1 Å². The summed E-state index contributed by atoms with van der Waals surface area (Å²) in [5.74, 6) is 0. The van der Waals surface area contributed by atoms with Gasteiger partial charge in [-0.2, -0.15) is 0 Å². The third-order valence-electron chi connectivity index (χ3n) is 3.89. The van der Waals surface area contributed by atoms with Crippen LogP contribution in [0, 0.1) is 10.1 Å². The summed E-state index contributed by atoms with van der Waals surface area (Å²) in [7, 11) is -1.06. The van der Waals surface area contributed by atoms with Gasteiger partial charge in [-0.05, 0) is 51.5 Å². The molecular formula is C14H17BFNO4. The minimum Gasteiger partial charge on any atom is -0.398 e. The predicted octanol–water partition coefficient (Wildman–Crippen LogP) is 3.54. The molecular weight excluding hydrogens is 276 g/mol. The van der Waals surface area contributed by atoms with E-state index < -0.39 is 29.0 Å². The summed E-state index contributed by atoms with van der Waals surface area (Å²) in [6.07, 6.45) is 1.26. The molecule has 1 heterocycles. The fourth-order valence-electron chi connectivity index (χ4n) is 1.88. The number of non-ortho nitro benzene ring substituents is 1. The molecule has 21 heavy (non-hydrogen) atoms. The van der Waals surface area contributed by atoms with Crippen molar-refractivity contribution in [1.82, 2.24) is 0 Å². The van der Waals surface area contributed by atoms with Gasteiger partial charge in [0.15, 0.2) is 0 Å². The molecule has 112 valence electrons. The van der Waals surface area contributed by atoms with Gasteiger partial charge < -0.3 is 9.31 Å². The molecule has 0 saturated carbocycles. The van der Waals surface area contributed by atoms with Gasteiger partial charge in [0, 0.05) is 12.1 Å². The van der Waals surface area contributed by atoms with E-state index in [1.54, 1.807) is 0 Å². The molecule has 0 radical (unpaired) electrons. The maximum absolute atomic E-state index is 14.2. The molecule has 0 aromatic heterocycles. The summed E-state index contributed by atoms with van der Waals surface area (Å²) in [4.78, 5) is 10.1. The van der Waals surface area contributed by atoms with Gasteiger partial charge in [0.25, 0.3) is 5.69 Å². The Morgan fingerprint density at radius 1 is 1.19 bits per heavy atom. The first kappa shape index (κ1) is 15.7. The van der Waals surface area contributed by atoms with Crippen molar-refractivity contribution in [1.29, 1.82) is 0 Å².